The highest BCUT2D eigenvalue weighted by molar-refractivity contribution is 5.23. The van der Waals surface area contributed by atoms with Crippen molar-refractivity contribution in [3.63, 3.8) is 0 Å². The number of halogens is 1. The molecule has 0 radical (unpaired) electrons. The number of hydrogen-bond donors (Lipinski definition) is 1. The molecule has 1 rings (SSSR count). The van der Waals surface area contributed by atoms with Gasteiger partial charge in [0.2, 0.25) is 0 Å². The molecule has 16 heavy (non-hydrogen) atoms. The van der Waals surface area contributed by atoms with Crippen LogP contribution in [0.4, 0.5) is 4.39 Å². The largest absolute Gasteiger partial charge is 0.502 e. The monoisotopic (exact) mass is 223 g/mol. The van der Waals surface area contributed by atoms with Crippen LogP contribution in [-0.4, -0.2) is 13.2 Å². The molecule has 0 bridgehead atoms. The van der Waals surface area contributed by atoms with E-state index in [2.05, 4.69) is 11.9 Å². The minimum absolute atomic E-state index is 0.152. The summed E-state index contributed by atoms with van der Waals surface area (Å²) in [6.07, 6.45) is 2.32. The van der Waals surface area contributed by atoms with E-state index < -0.39 is 0 Å². The van der Waals surface area contributed by atoms with Crippen LogP contribution in [0.2, 0.25) is 0 Å². The zero-order valence-electron chi connectivity index (χ0n) is 9.63. The number of ether oxygens (including phenoxy) is 1. The van der Waals surface area contributed by atoms with E-state index in [0.29, 0.717) is 18.7 Å². The van der Waals surface area contributed by atoms with E-state index in [1.54, 1.807) is 6.07 Å². The van der Waals surface area contributed by atoms with Crippen LogP contribution < -0.4 is 5.32 Å². The summed E-state index contributed by atoms with van der Waals surface area (Å²) in [7, 11) is 0. The first-order valence-electron chi connectivity index (χ1n) is 5.42. The first-order valence-corrected chi connectivity index (χ1v) is 5.42. The lowest BCUT2D eigenvalue weighted by molar-refractivity contribution is 0.244. The van der Waals surface area contributed by atoms with Crippen LogP contribution in [0.5, 0.6) is 0 Å². The maximum Gasteiger partial charge on any atom is 0.127 e. The molecule has 0 aliphatic heterocycles. The molecule has 0 saturated heterocycles. The van der Waals surface area contributed by atoms with E-state index in [0.717, 1.165) is 18.5 Å². The Morgan fingerprint density at radius 2 is 2.31 bits per heavy atom. The Morgan fingerprint density at radius 1 is 1.50 bits per heavy atom. The van der Waals surface area contributed by atoms with Gasteiger partial charge in [0.05, 0.1) is 12.9 Å². The van der Waals surface area contributed by atoms with Gasteiger partial charge in [0.25, 0.3) is 0 Å². The van der Waals surface area contributed by atoms with E-state index in [9.17, 15) is 4.39 Å². The summed E-state index contributed by atoms with van der Waals surface area (Å²) in [5.74, 6) is -0.152. The minimum atomic E-state index is -0.152. The summed E-state index contributed by atoms with van der Waals surface area (Å²) in [6.45, 7) is 7.42. The summed E-state index contributed by atoms with van der Waals surface area (Å²) in [5.41, 5.74) is 1.79. The first-order chi connectivity index (χ1) is 7.74. The van der Waals surface area contributed by atoms with Crippen LogP contribution in [0, 0.1) is 12.7 Å². The Labute approximate surface area is 96.1 Å². The van der Waals surface area contributed by atoms with E-state index >= 15 is 0 Å². The van der Waals surface area contributed by atoms with Gasteiger partial charge >= 0.3 is 0 Å². The molecule has 1 aromatic rings. The molecule has 0 atom stereocenters. The summed E-state index contributed by atoms with van der Waals surface area (Å²) < 4.78 is 18.3. The molecular weight excluding hydrogens is 205 g/mol. The van der Waals surface area contributed by atoms with Crippen molar-refractivity contribution in [2.24, 2.45) is 0 Å². The maximum atomic E-state index is 13.3. The summed E-state index contributed by atoms with van der Waals surface area (Å²) in [4.78, 5) is 0. The van der Waals surface area contributed by atoms with Crippen LogP contribution in [0.1, 0.15) is 17.5 Å². The van der Waals surface area contributed by atoms with E-state index in [-0.39, 0.29) is 5.82 Å². The lowest BCUT2D eigenvalue weighted by atomic mass is 10.1. The second kappa shape index (κ2) is 7.01. The Hall–Kier alpha value is -1.35. The number of hydrogen-bond acceptors (Lipinski definition) is 2. The zero-order valence-corrected chi connectivity index (χ0v) is 9.63. The lowest BCUT2D eigenvalue weighted by Gasteiger charge is -2.06. The molecule has 0 amide bonds. The van der Waals surface area contributed by atoms with Crippen LogP contribution in [0.15, 0.2) is 31.0 Å². The summed E-state index contributed by atoms with van der Waals surface area (Å²) >= 11 is 0. The number of nitrogens with one attached hydrogen (secondary N) is 1. The summed E-state index contributed by atoms with van der Waals surface area (Å²) in [5, 5.41) is 3.17. The van der Waals surface area contributed by atoms with Crippen molar-refractivity contribution < 1.29 is 9.13 Å². The maximum absolute atomic E-state index is 13.3. The molecule has 0 spiro atoms. The second-order valence-corrected chi connectivity index (χ2v) is 3.66. The number of benzene rings is 1. The fraction of sp³-hybridized carbons (Fsp3) is 0.385. The Morgan fingerprint density at radius 3 is 3.06 bits per heavy atom. The molecule has 0 aliphatic rings. The van der Waals surface area contributed by atoms with Crippen molar-refractivity contribution in [2.75, 3.05) is 13.2 Å². The van der Waals surface area contributed by atoms with Crippen molar-refractivity contribution in [3.8, 4) is 0 Å². The molecule has 0 saturated carbocycles. The third kappa shape index (κ3) is 4.45. The molecule has 0 heterocycles. The van der Waals surface area contributed by atoms with E-state index in [1.165, 1.54) is 12.3 Å². The van der Waals surface area contributed by atoms with Crippen molar-refractivity contribution in [2.45, 2.75) is 19.9 Å². The molecule has 88 valence electrons. The zero-order chi connectivity index (χ0) is 11.8. The fourth-order valence-electron chi connectivity index (χ4n) is 1.43. The highest BCUT2D eigenvalue weighted by atomic mass is 19.1. The van der Waals surface area contributed by atoms with E-state index in [4.69, 9.17) is 4.74 Å². The molecule has 0 aliphatic carbocycles. The van der Waals surface area contributed by atoms with Crippen molar-refractivity contribution >= 4 is 0 Å². The number of rotatable bonds is 7. The average molecular weight is 223 g/mol. The number of aryl methyl sites for hydroxylation is 1. The van der Waals surface area contributed by atoms with Crippen LogP contribution >= 0.6 is 0 Å². The van der Waals surface area contributed by atoms with Crippen LogP contribution in [-0.2, 0) is 11.3 Å². The Kier molecular flexibility index (Phi) is 5.57. The molecular formula is C13H18FNO. The van der Waals surface area contributed by atoms with Crippen molar-refractivity contribution in [1.82, 2.24) is 5.32 Å². The molecule has 0 unspecified atom stereocenters. The van der Waals surface area contributed by atoms with Crippen LogP contribution in [0.3, 0.4) is 0 Å². The van der Waals surface area contributed by atoms with Gasteiger partial charge in [-0.2, -0.15) is 0 Å². The smallest absolute Gasteiger partial charge is 0.127 e. The topological polar surface area (TPSA) is 21.3 Å². The lowest BCUT2D eigenvalue weighted by Crippen LogP contribution is -2.16. The minimum Gasteiger partial charge on any atom is -0.502 e. The Bertz CT molecular complexity index is 339. The molecule has 3 heteroatoms. The first kappa shape index (κ1) is 12.7. The highest BCUT2D eigenvalue weighted by Crippen LogP contribution is 2.09. The van der Waals surface area contributed by atoms with Gasteiger partial charge < -0.3 is 10.1 Å². The van der Waals surface area contributed by atoms with Gasteiger partial charge in [0.15, 0.2) is 0 Å². The van der Waals surface area contributed by atoms with Crippen molar-refractivity contribution in [1.29, 1.82) is 0 Å². The quantitative estimate of drug-likeness (QED) is 0.567. The third-order valence-corrected chi connectivity index (χ3v) is 2.25. The highest BCUT2D eigenvalue weighted by Gasteiger charge is 2.00. The van der Waals surface area contributed by atoms with Gasteiger partial charge in [-0.1, -0.05) is 24.3 Å². The summed E-state index contributed by atoms with van der Waals surface area (Å²) in [6, 6.07) is 5.15. The third-order valence-electron chi connectivity index (χ3n) is 2.25. The SMILES string of the molecule is C=COCCCNCc1cc(C)ccc1F. The average Bonchev–Trinajstić information content (AvgIpc) is 2.28. The van der Waals surface area contributed by atoms with Gasteiger partial charge in [-0.3, -0.25) is 0 Å². The van der Waals surface area contributed by atoms with Gasteiger partial charge in [0, 0.05) is 12.1 Å². The van der Waals surface area contributed by atoms with Gasteiger partial charge in [-0.25, -0.2) is 4.39 Å². The van der Waals surface area contributed by atoms with Crippen molar-refractivity contribution in [3.05, 3.63) is 48.0 Å². The predicted molar refractivity (Wildman–Crippen MR) is 63.6 cm³/mol. The van der Waals surface area contributed by atoms with E-state index in [1.807, 2.05) is 13.0 Å². The van der Waals surface area contributed by atoms with Gasteiger partial charge in [-0.15, -0.1) is 0 Å². The van der Waals surface area contributed by atoms with Gasteiger partial charge in [-0.05, 0) is 26.0 Å². The molecule has 1 aromatic carbocycles. The molecule has 2 nitrogen and oxygen atoms in total. The molecule has 0 aromatic heterocycles. The molecule has 1 N–H and O–H groups in total. The molecule has 0 fully saturated rings. The van der Waals surface area contributed by atoms with Crippen LogP contribution in [0.25, 0.3) is 0 Å². The standard InChI is InChI=1S/C13H18FNO/c1-3-16-8-4-7-15-10-12-9-11(2)5-6-13(12)14/h3,5-6,9,15H,1,4,7-8,10H2,2H3. The Balaban J connectivity index is 2.26. The van der Waals surface area contributed by atoms with Gasteiger partial charge in [0.1, 0.15) is 5.82 Å². The predicted octanol–water partition coefficient (Wildman–Crippen LogP) is 2.77. The normalized spacial score (nSPS) is 10.1. The fourth-order valence-corrected chi connectivity index (χ4v) is 1.43. The second-order valence-electron chi connectivity index (χ2n) is 3.66.